The van der Waals surface area contributed by atoms with Gasteiger partial charge in [0, 0.05) is 0 Å². The van der Waals surface area contributed by atoms with Crippen molar-refractivity contribution in [3.63, 3.8) is 0 Å². The number of allylic oxidation sites excluding steroid dienone is 2. The van der Waals surface area contributed by atoms with Gasteiger partial charge in [0.25, 0.3) is 0 Å². The summed E-state index contributed by atoms with van der Waals surface area (Å²) in [6.45, 7) is 10.5. The first kappa shape index (κ1) is 29.5. The molecular weight excluding hydrogens is 240 g/mol. The van der Waals surface area contributed by atoms with Gasteiger partial charge in [-0.25, -0.2) is 14.4 Å². The van der Waals surface area contributed by atoms with Gasteiger partial charge in [-0.1, -0.05) is 12.2 Å². The van der Waals surface area contributed by atoms with Gasteiger partial charge < -0.3 is 34.4 Å². The van der Waals surface area contributed by atoms with Gasteiger partial charge in [-0.05, 0) is 13.8 Å². The van der Waals surface area contributed by atoms with Gasteiger partial charge in [-0.2, -0.15) is 0 Å². The molecule has 0 aliphatic heterocycles. The molecule has 0 saturated heterocycles. The maximum atomic E-state index is 9.00. The molecule has 0 aromatic heterocycles. The second-order valence-electron chi connectivity index (χ2n) is 2.02. The molecule has 108 valence electrons. The summed E-state index contributed by atoms with van der Waals surface area (Å²) in [6, 6.07) is -2.50. The Morgan fingerprint density at radius 1 is 0.667 bits per heavy atom. The van der Waals surface area contributed by atoms with Crippen molar-refractivity contribution in [2.24, 2.45) is 34.4 Å². The summed E-state index contributed by atoms with van der Waals surface area (Å²) in [6.07, 6.45) is 3.50. The number of urea groups is 3. The summed E-state index contributed by atoms with van der Waals surface area (Å²) in [7, 11) is 0. The van der Waals surface area contributed by atoms with Gasteiger partial charge in [0.2, 0.25) is 0 Å². The Morgan fingerprint density at radius 2 is 0.667 bits per heavy atom. The molecule has 0 fully saturated rings. The number of hydrogen-bond acceptors (Lipinski definition) is 3. The maximum absolute atomic E-state index is 9.00. The quantitative estimate of drug-likeness (QED) is 0.318. The van der Waals surface area contributed by atoms with Crippen molar-refractivity contribution in [2.75, 3.05) is 0 Å². The molecule has 6 amide bonds. The number of amides is 6. The van der Waals surface area contributed by atoms with Crippen molar-refractivity contribution < 1.29 is 14.4 Å². The molecule has 0 atom stereocenters. The van der Waals surface area contributed by atoms with E-state index in [1.54, 1.807) is 12.2 Å². The van der Waals surface area contributed by atoms with Crippen LogP contribution in [0.15, 0.2) is 25.3 Å². The monoisotopic (exact) mass is 264 g/mol. The highest BCUT2D eigenvalue weighted by Crippen LogP contribution is 1.38. The molecular formula is C9H24N6O3. The van der Waals surface area contributed by atoms with Crippen molar-refractivity contribution >= 4 is 18.1 Å². The van der Waals surface area contributed by atoms with Crippen molar-refractivity contribution in [3.05, 3.63) is 25.3 Å². The maximum Gasteiger partial charge on any atom is 0.309 e. The van der Waals surface area contributed by atoms with E-state index in [1.807, 2.05) is 13.8 Å². The molecule has 0 rings (SSSR count). The lowest BCUT2D eigenvalue weighted by Gasteiger charge is -1.62. The van der Waals surface area contributed by atoms with Crippen LogP contribution in [-0.2, 0) is 0 Å². The molecule has 0 aliphatic carbocycles. The summed E-state index contributed by atoms with van der Waals surface area (Å²) in [4.78, 5) is 27.0. The Bertz CT molecular complexity index is 184. The lowest BCUT2D eigenvalue weighted by Crippen LogP contribution is -2.18. The van der Waals surface area contributed by atoms with Gasteiger partial charge >= 0.3 is 18.1 Å². The largest absolute Gasteiger partial charge is 0.352 e. The van der Waals surface area contributed by atoms with Crippen LogP contribution in [0.2, 0.25) is 0 Å². The van der Waals surface area contributed by atoms with E-state index in [4.69, 9.17) is 14.4 Å². The third-order valence-electron chi connectivity index (χ3n) is 0. The fraction of sp³-hybridized carbons (Fsp3) is 0.222. The van der Waals surface area contributed by atoms with E-state index >= 15 is 0 Å². The Labute approximate surface area is 107 Å². The number of nitrogens with two attached hydrogens (primary N) is 6. The minimum absolute atomic E-state index is 0.833. The van der Waals surface area contributed by atoms with Crippen LogP contribution in [0.1, 0.15) is 13.8 Å². The highest BCUT2D eigenvalue weighted by molar-refractivity contribution is 5.69. The van der Waals surface area contributed by atoms with Crippen LogP contribution in [0.3, 0.4) is 0 Å². The smallest absolute Gasteiger partial charge is 0.309 e. The molecule has 0 radical (unpaired) electrons. The lowest BCUT2D eigenvalue weighted by molar-refractivity contribution is 0.255. The summed E-state index contributed by atoms with van der Waals surface area (Å²) >= 11 is 0. The molecule has 0 aliphatic rings. The van der Waals surface area contributed by atoms with Crippen LogP contribution in [0, 0.1) is 0 Å². The second kappa shape index (κ2) is 36.7. The molecule has 12 N–H and O–H groups in total. The van der Waals surface area contributed by atoms with Crippen molar-refractivity contribution in [3.8, 4) is 0 Å². The van der Waals surface area contributed by atoms with E-state index in [0.29, 0.717) is 0 Å². The van der Waals surface area contributed by atoms with E-state index in [9.17, 15) is 0 Å². The van der Waals surface area contributed by atoms with Crippen LogP contribution in [0.5, 0.6) is 0 Å². The Hall–Kier alpha value is -2.71. The first-order chi connectivity index (χ1) is 8.02. The van der Waals surface area contributed by atoms with Crippen LogP contribution < -0.4 is 34.4 Å². The van der Waals surface area contributed by atoms with Crippen LogP contribution in [0.25, 0.3) is 0 Å². The molecule has 0 aromatic carbocycles. The standard InChI is InChI=1S/2C3H6.3CH4N2O/c2*1-3-2;3*2-1(3)4/h2*3H,1H2,2H3;3*(H4,2,3,4). The minimum atomic E-state index is -0.833. The lowest BCUT2D eigenvalue weighted by atomic mass is 10.8. The van der Waals surface area contributed by atoms with Gasteiger partial charge in [-0.15, -0.1) is 13.2 Å². The van der Waals surface area contributed by atoms with Crippen molar-refractivity contribution in [1.82, 2.24) is 0 Å². The van der Waals surface area contributed by atoms with E-state index < -0.39 is 18.1 Å². The van der Waals surface area contributed by atoms with Crippen LogP contribution in [-0.4, -0.2) is 18.1 Å². The van der Waals surface area contributed by atoms with Crippen LogP contribution >= 0.6 is 0 Å². The first-order valence-corrected chi connectivity index (χ1v) is 4.32. The molecule has 9 nitrogen and oxygen atoms in total. The van der Waals surface area contributed by atoms with E-state index in [2.05, 4.69) is 47.6 Å². The molecule has 0 saturated carbocycles. The predicted molar refractivity (Wildman–Crippen MR) is 73.1 cm³/mol. The zero-order valence-corrected chi connectivity index (χ0v) is 10.8. The van der Waals surface area contributed by atoms with E-state index in [1.165, 1.54) is 0 Å². The summed E-state index contributed by atoms with van der Waals surface area (Å²) in [5.74, 6) is 0. The van der Waals surface area contributed by atoms with Gasteiger partial charge in [-0.3, -0.25) is 0 Å². The molecule has 18 heavy (non-hydrogen) atoms. The number of carbonyl (C=O) groups excluding carboxylic acids is 3. The fourth-order valence-corrected chi connectivity index (χ4v) is 0. The van der Waals surface area contributed by atoms with Gasteiger partial charge in [0.1, 0.15) is 0 Å². The van der Waals surface area contributed by atoms with Crippen molar-refractivity contribution in [1.29, 1.82) is 0 Å². The summed E-state index contributed by atoms with van der Waals surface area (Å²) in [5.41, 5.74) is 25.5. The van der Waals surface area contributed by atoms with E-state index in [-0.39, 0.29) is 0 Å². The first-order valence-electron chi connectivity index (χ1n) is 4.32. The van der Waals surface area contributed by atoms with Crippen LogP contribution in [0.4, 0.5) is 14.4 Å². The Balaban J connectivity index is -0.0000000394. The number of hydrogen-bond donors (Lipinski definition) is 6. The zero-order chi connectivity index (χ0) is 16.1. The molecule has 0 aromatic rings. The summed E-state index contributed by atoms with van der Waals surface area (Å²) < 4.78 is 0. The second-order valence-corrected chi connectivity index (χ2v) is 2.02. The predicted octanol–water partition coefficient (Wildman–Crippen LogP) is -0.544. The number of rotatable bonds is 0. The number of carbonyl (C=O) groups is 3. The normalized spacial score (nSPS) is 5.44. The Kier molecular flexibility index (Phi) is 60.2. The topological polar surface area (TPSA) is 207 Å². The highest BCUT2D eigenvalue weighted by Gasteiger charge is 1.61. The minimum Gasteiger partial charge on any atom is -0.352 e. The fourth-order valence-electron chi connectivity index (χ4n) is 0. The van der Waals surface area contributed by atoms with Gasteiger partial charge in [0.15, 0.2) is 0 Å². The SMILES string of the molecule is C=CC.C=CC.NC(N)=O.NC(N)=O.NC(N)=O. The average molecular weight is 264 g/mol. The third kappa shape index (κ3) is 273. The Morgan fingerprint density at radius 3 is 0.667 bits per heavy atom. The number of primary amides is 6. The molecule has 0 bridgehead atoms. The van der Waals surface area contributed by atoms with Crippen molar-refractivity contribution in [2.45, 2.75) is 13.8 Å². The molecule has 9 heteroatoms. The van der Waals surface area contributed by atoms with E-state index in [0.717, 1.165) is 0 Å². The molecule has 0 unspecified atom stereocenters. The third-order valence-corrected chi connectivity index (χ3v) is 0. The molecule has 0 spiro atoms. The van der Waals surface area contributed by atoms with Gasteiger partial charge in [0.05, 0.1) is 0 Å². The zero-order valence-electron chi connectivity index (χ0n) is 10.8. The highest BCUT2D eigenvalue weighted by atomic mass is 16.2. The summed E-state index contributed by atoms with van der Waals surface area (Å²) in [5, 5.41) is 0. The average Bonchev–Trinajstić information content (AvgIpc) is 2.00. The molecule has 0 heterocycles.